The van der Waals surface area contributed by atoms with Crippen LogP contribution in [0.1, 0.15) is 46.1 Å². The second-order valence-corrected chi connectivity index (χ2v) is 6.67. The van der Waals surface area contributed by atoms with Crippen molar-refractivity contribution in [1.82, 2.24) is 5.32 Å². The molecule has 0 aliphatic heterocycles. The molecule has 0 bridgehead atoms. The lowest BCUT2D eigenvalue weighted by molar-refractivity contribution is 0.138. The maximum atomic E-state index is 13.3. The number of nitrogens with one attached hydrogen (secondary N) is 1. The maximum Gasteiger partial charge on any atom is 0.123 e. The highest BCUT2D eigenvalue weighted by Crippen LogP contribution is 2.16. The van der Waals surface area contributed by atoms with E-state index in [9.17, 15) is 4.39 Å². The molecule has 1 atom stereocenters. The van der Waals surface area contributed by atoms with Gasteiger partial charge in [-0.05, 0) is 77.1 Å². The van der Waals surface area contributed by atoms with E-state index in [1.807, 2.05) is 13.0 Å². The number of halogens is 1. The fourth-order valence-corrected chi connectivity index (χ4v) is 2.34. The zero-order valence-corrected chi connectivity index (χ0v) is 13.9. The lowest BCUT2D eigenvalue weighted by Gasteiger charge is -2.25. The molecule has 1 rings (SSSR count). The second kappa shape index (κ2) is 9.16. The third-order valence-corrected chi connectivity index (χ3v) is 3.44. The van der Waals surface area contributed by atoms with Crippen LogP contribution in [0.2, 0.25) is 0 Å². The average Bonchev–Trinajstić information content (AvgIpc) is 2.40. The normalized spacial score (nSPS) is 13.4. The van der Waals surface area contributed by atoms with Crippen LogP contribution in [-0.4, -0.2) is 25.3 Å². The summed E-state index contributed by atoms with van der Waals surface area (Å²) in [5.74, 6) is 0.357. The Labute approximate surface area is 129 Å². The van der Waals surface area contributed by atoms with Crippen LogP contribution in [0.5, 0.6) is 0 Å². The number of rotatable bonds is 9. The molecule has 0 aliphatic carbocycles. The van der Waals surface area contributed by atoms with E-state index in [-0.39, 0.29) is 11.4 Å². The van der Waals surface area contributed by atoms with Gasteiger partial charge in [-0.2, -0.15) is 0 Å². The van der Waals surface area contributed by atoms with E-state index in [0.29, 0.717) is 5.92 Å². The summed E-state index contributed by atoms with van der Waals surface area (Å²) in [4.78, 5) is 0. The molecule has 120 valence electrons. The smallest absolute Gasteiger partial charge is 0.123 e. The fraction of sp³-hybridized carbons (Fsp3) is 0.667. The summed E-state index contributed by atoms with van der Waals surface area (Å²) in [6.45, 7) is 11.1. The fourth-order valence-electron chi connectivity index (χ4n) is 2.34. The van der Waals surface area contributed by atoms with Gasteiger partial charge in [0.05, 0.1) is 0 Å². The Bertz CT molecular complexity index is 400. The van der Waals surface area contributed by atoms with Crippen molar-refractivity contribution >= 4 is 0 Å². The van der Waals surface area contributed by atoms with Crippen molar-refractivity contribution in [1.29, 1.82) is 0 Å². The summed E-state index contributed by atoms with van der Waals surface area (Å²) in [5, 5.41) is 3.56. The number of benzene rings is 1. The van der Waals surface area contributed by atoms with Crippen LogP contribution in [0.25, 0.3) is 0 Å². The molecule has 0 radical (unpaired) electrons. The van der Waals surface area contributed by atoms with Crippen LogP contribution in [0.4, 0.5) is 4.39 Å². The lowest BCUT2D eigenvalue weighted by Crippen LogP contribution is -2.39. The number of hydrogen-bond acceptors (Lipinski definition) is 2. The van der Waals surface area contributed by atoms with E-state index in [1.54, 1.807) is 12.1 Å². The first-order valence-corrected chi connectivity index (χ1v) is 7.98. The first-order valence-electron chi connectivity index (χ1n) is 7.98. The molecule has 0 saturated heterocycles. The van der Waals surface area contributed by atoms with Gasteiger partial charge >= 0.3 is 0 Å². The van der Waals surface area contributed by atoms with Gasteiger partial charge in [-0.25, -0.2) is 4.39 Å². The predicted molar refractivity (Wildman–Crippen MR) is 87.1 cm³/mol. The third-order valence-electron chi connectivity index (χ3n) is 3.44. The SMILES string of the molecule is CCOCCCC(CNC(C)(C)C)Cc1cccc(F)c1. The highest BCUT2D eigenvalue weighted by Gasteiger charge is 2.15. The van der Waals surface area contributed by atoms with E-state index < -0.39 is 0 Å². The van der Waals surface area contributed by atoms with Gasteiger partial charge in [0.15, 0.2) is 0 Å². The second-order valence-electron chi connectivity index (χ2n) is 6.67. The minimum Gasteiger partial charge on any atom is -0.382 e. The van der Waals surface area contributed by atoms with Crippen molar-refractivity contribution in [2.75, 3.05) is 19.8 Å². The predicted octanol–water partition coefficient (Wildman–Crippen LogP) is 4.19. The summed E-state index contributed by atoms with van der Waals surface area (Å²) in [6.07, 6.45) is 3.06. The third kappa shape index (κ3) is 8.84. The number of hydrogen-bond donors (Lipinski definition) is 1. The summed E-state index contributed by atoms with van der Waals surface area (Å²) in [7, 11) is 0. The Morgan fingerprint density at radius 2 is 2.05 bits per heavy atom. The van der Waals surface area contributed by atoms with Crippen LogP contribution >= 0.6 is 0 Å². The zero-order valence-electron chi connectivity index (χ0n) is 13.9. The van der Waals surface area contributed by atoms with Crippen LogP contribution < -0.4 is 5.32 Å². The molecule has 0 amide bonds. The van der Waals surface area contributed by atoms with Crippen molar-refractivity contribution < 1.29 is 9.13 Å². The van der Waals surface area contributed by atoms with E-state index in [0.717, 1.165) is 44.6 Å². The monoisotopic (exact) mass is 295 g/mol. The Morgan fingerprint density at radius 1 is 1.29 bits per heavy atom. The van der Waals surface area contributed by atoms with Gasteiger partial charge in [0.1, 0.15) is 5.82 Å². The van der Waals surface area contributed by atoms with E-state index >= 15 is 0 Å². The molecule has 0 spiro atoms. The molecule has 0 heterocycles. The van der Waals surface area contributed by atoms with Gasteiger partial charge in [-0.1, -0.05) is 12.1 Å². The summed E-state index contributed by atoms with van der Waals surface area (Å²) >= 11 is 0. The highest BCUT2D eigenvalue weighted by atomic mass is 19.1. The van der Waals surface area contributed by atoms with E-state index in [2.05, 4.69) is 26.1 Å². The van der Waals surface area contributed by atoms with Gasteiger partial charge in [0.25, 0.3) is 0 Å². The van der Waals surface area contributed by atoms with Gasteiger partial charge in [0, 0.05) is 18.8 Å². The molecule has 0 saturated carbocycles. The van der Waals surface area contributed by atoms with Gasteiger partial charge in [-0.15, -0.1) is 0 Å². The molecule has 2 nitrogen and oxygen atoms in total. The molecular weight excluding hydrogens is 265 g/mol. The van der Waals surface area contributed by atoms with Gasteiger partial charge in [0.2, 0.25) is 0 Å². The van der Waals surface area contributed by atoms with E-state index in [4.69, 9.17) is 4.74 Å². The summed E-state index contributed by atoms with van der Waals surface area (Å²) in [6, 6.07) is 6.95. The molecule has 0 aromatic heterocycles. The Balaban J connectivity index is 2.53. The van der Waals surface area contributed by atoms with Crippen LogP contribution in [0, 0.1) is 11.7 Å². The van der Waals surface area contributed by atoms with Crippen molar-refractivity contribution in [2.45, 2.75) is 52.5 Å². The first-order chi connectivity index (χ1) is 9.90. The minimum absolute atomic E-state index is 0.111. The zero-order chi connectivity index (χ0) is 15.7. The van der Waals surface area contributed by atoms with Gasteiger partial charge in [-0.3, -0.25) is 0 Å². The number of ether oxygens (including phenoxy) is 1. The molecule has 0 fully saturated rings. The average molecular weight is 295 g/mol. The van der Waals surface area contributed by atoms with Crippen molar-refractivity contribution in [3.8, 4) is 0 Å². The minimum atomic E-state index is -0.149. The molecular formula is C18H30FNO. The van der Waals surface area contributed by atoms with E-state index in [1.165, 1.54) is 6.07 Å². The molecule has 0 aliphatic rings. The molecule has 21 heavy (non-hydrogen) atoms. The topological polar surface area (TPSA) is 21.3 Å². The van der Waals surface area contributed by atoms with Crippen molar-refractivity contribution in [3.63, 3.8) is 0 Å². The van der Waals surface area contributed by atoms with Crippen LogP contribution in [0.15, 0.2) is 24.3 Å². The molecule has 1 unspecified atom stereocenters. The largest absolute Gasteiger partial charge is 0.382 e. The summed E-state index contributed by atoms with van der Waals surface area (Å²) in [5.41, 5.74) is 1.19. The Hall–Kier alpha value is -0.930. The standard InChI is InChI=1S/C18H30FNO/c1-5-21-11-7-9-16(14-20-18(2,3)4)12-15-8-6-10-17(19)13-15/h6,8,10,13,16,20H,5,7,9,11-12,14H2,1-4H3. The first kappa shape index (κ1) is 18.1. The molecule has 1 aromatic carbocycles. The van der Waals surface area contributed by atoms with Crippen LogP contribution in [-0.2, 0) is 11.2 Å². The molecule has 1 aromatic rings. The van der Waals surface area contributed by atoms with Crippen LogP contribution in [0.3, 0.4) is 0 Å². The van der Waals surface area contributed by atoms with Gasteiger partial charge < -0.3 is 10.1 Å². The Kier molecular flexibility index (Phi) is 7.91. The maximum absolute atomic E-state index is 13.3. The van der Waals surface area contributed by atoms with Crippen molar-refractivity contribution in [3.05, 3.63) is 35.6 Å². The lowest BCUT2D eigenvalue weighted by atomic mass is 9.93. The summed E-state index contributed by atoms with van der Waals surface area (Å²) < 4.78 is 18.7. The van der Waals surface area contributed by atoms with Crippen molar-refractivity contribution in [2.24, 2.45) is 5.92 Å². The Morgan fingerprint density at radius 3 is 2.67 bits per heavy atom. The molecule has 1 N–H and O–H groups in total. The molecule has 3 heteroatoms. The highest BCUT2D eigenvalue weighted by molar-refractivity contribution is 5.16. The quantitative estimate of drug-likeness (QED) is 0.690.